The number of ether oxygens (including phenoxy) is 2. The normalized spacial score (nSPS) is 10.6. The Bertz CT molecular complexity index is 1240. The quantitative estimate of drug-likeness (QED) is 0.336. The number of aromatic nitrogens is 2. The summed E-state index contributed by atoms with van der Waals surface area (Å²) in [6.07, 6.45) is -2.05. The summed E-state index contributed by atoms with van der Waals surface area (Å²) >= 11 is 0. The Morgan fingerprint density at radius 1 is 1.05 bits per heavy atom. The Labute approximate surface area is 209 Å². The number of carbonyl (C=O) groups is 3. The largest absolute Gasteiger partial charge is 0.497 e. The van der Waals surface area contributed by atoms with Crippen LogP contribution in [-0.4, -0.2) is 53.5 Å². The van der Waals surface area contributed by atoms with Gasteiger partial charge in [-0.3, -0.25) is 14.7 Å². The molecule has 0 aliphatic carbocycles. The van der Waals surface area contributed by atoms with Crippen molar-refractivity contribution in [1.29, 1.82) is 0 Å². The molecule has 2 aromatic carbocycles. The number of anilines is 1. The molecular weight excluding hydrogens is 497 g/mol. The molecule has 10 nitrogen and oxygen atoms in total. The molecule has 0 atom stereocenters. The van der Waals surface area contributed by atoms with E-state index in [4.69, 9.17) is 25.1 Å². The molecule has 1 aromatic heterocycles. The maximum Gasteiger partial charge on any atom is 0.490 e. The van der Waals surface area contributed by atoms with E-state index in [9.17, 15) is 22.8 Å². The summed E-state index contributed by atoms with van der Waals surface area (Å²) in [6.45, 7) is 0. The maximum absolute atomic E-state index is 12.6. The lowest BCUT2D eigenvalue weighted by Gasteiger charge is -2.11. The highest BCUT2D eigenvalue weighted by atomic mass is 19.4. The van der Waals surface area contributed by atoms with Gasteiger partial charge in [-0.1, -0.05) is 12.1 Å². The molecule has 1 heterocycles. The van der Waals surface area contributed by atoms with Crippen LogP contribution in [-0.2, 0) is 28.9 Å². The van der Waals surface area contributed by atoms with Crippen LogP contribution in [0.5, 0.6) is 11.5 Å². The molecular formula is C24H25F3N4O6. The fraction of sp³-hybridized carbons (Fsp3) is 0.250. The van der Waals surface area contributed by atoms with E-state index in [0.717, 1.165) is 16.7 Å². The van der Waals surface area contributed by atoms with E-state index >= 15 is 0 Å². The summed E-state index contributed by atoms with van der Waals surface area (Å²) in [7, 11) is 3.14. The third kappa shape index (κ3) is 8.87. The minimum atomic E-state index is -5.08. The number of nitrogens with one attached hydrogen (secondary N) is 2. The van der Waals surface area contributed by atoms with Crippen LogP contribution in [0.25, 0.3) is 0 Å². The molecule has 0 saturated carbocycles. The van der Waals surface area contributed by atoms with Gasteiger partial charge in [0.05, 0.1) is 26.8 Å². The number of rotatable bonds is 9. The first kappa shape index (κ1) is 28.7. The summed E-state index contributed by atoms with van der Waals surface area (Å²) in [5.41, 5.74) is 8.88. The van der Waals surface area contributed by atoms with Crippen LogP contribution >= 0.6 is 0 Å². The van der Waals surface area contributed by atoms with Crippen molar-refractivity contribution >= 4 is 23.5 Å². The van der Waals surface area contributed by atoms with Crippen LogP contribution < -0.4 is 20.5 Å². The van der Waals surface area contributed by atoms with Crippen LogP contribution in [0.15, 0.2) is 48.7 Å². The van der Waals surface area contributed by atoms with E-state index in [-0.39, 0.29) is 12.3 Å². The summed E-state index contributed by atoms with van der Waals surface area (Å²) < 4.78 is 42.3. The molecule has 0 unspecified atom stereocenters. The zero-order valence-electron chi connectivity index (χ0n) is 19.9. The second-order valence-corrected chi connectivity index (χ2v) is 7.54. The number of hydrogen-bond acceptors (Lipinski definition) is 6. The second-order valence-electron chi connectivity index (χ2n) is 7.54. The molecule has 5 N–H and O–H groups in total. The van der Waals surface area contributed by atoms with Crippen molar-refractivity contribution in [3.05, 3.63) is 71.0 Å². The van der Waals surface area contributed by atoms with E-state index in [1.165, 1.54) is 0 Å². The van der Waals surface area contributed by atoms with Gasteiger partial charge in [0.1, 0.15) is 17.2 Å². The lowest BCUT2D eigenvalue weighted by Crippen LogP contribution is -2.21. The summed E-state index contributed by atoms with van der Waals surface area (Å²) in [5.74, 6) is -2.16. The minimum Gasteiger partial charge on any atom is -0.497 e. The number of primary amides is 1. The zero-order valence-corrected chi connectivity index (χ0v) is 19.9. The molecule has 0 aliphatic heterocycles. The third-order valence-corrected chi connectivity index (χ3v) is 4.94. The predicted octanol–water partition coefficient (Wildman–Crippen LogP) is 3.13. The highest BCUT2D eigenvalue weighted by Gasteiger charge is 2.38. The number of carbonyl (C=O) groups excluding carboxylic acids is 2. The zero-order chi connectivity index (χ0) is 27.6. The molecule has 0 radical (unpaired) electrons. The van der Waals surface area contributed by atoms with Gasteiger partial charge in [0, 0.05) is 16.8 Å². The summed E-state index contributed by atoms with van der Waals surface area (Å²) in [5, 5.41) is 16.5. The van der Waals surface area contributed by atoms with E-state index < -0.39 is 18.1 Å². The Morgan fingerprint density at radius 3 is 2.35 bits per heavy atom. The predicted molar refractivity (Wildman–Crippen MR) is 127 cm³/mol. The number of methoxy groups -OCH3 is 2. The maximum atomic E-state index is 12.6. The molecule has 3 aromatic rings. The standard InChI is InChI=1S/C22H24N4O4.C2HF3O2/c1-29-18-8-9-19(30-2)16(11-18)12-20(27)25-17-5-3-4-14(10-17)6-7-15-13-24-26-21(15)22(23)28;3-2(4,5)1(6)7/h3-5,8-11,13H,6-7,12H2,1-2H3,(H2,23,28)(H,24,26)(H,25,27);(H,6,7). The topological polar surface area (TPSA) is 157 Å². The monoisotopic (exact) mass is 522 g/mol. The molecule has 2 amide bonds. The van der Waals surface area contributed by atoms with Crippen LogP contribution in [0.4, 0.5) is 18.9 Å². The average Bonchev–Trinajstić information content (AvgIpc) is 3.32. The van der Waals surface area contributed by atoms with Crippen LogP contribution in [0.3, 0.4) is 0 Å². The Kier molecular flexibility index (Phi) is 10.0. The first-order valence-electron chi connectivity index (χ1n) is 10.7. The van der Waals surface area contributed by atoms with Crippen molar-refractivity contribution in [1.82, 2.24) is 10.2 Å². The van der Waals surface area contributed by atoms with E-state index in [1.54, 1.807) is 38.6 Å². The smallest absolute Gasteiger partial charge is 0.490 e. The van der Waals surface area contributed by atoms with Gasteiger partial charge in [-0.25, -0.2) is 4.79 Å². The molecule has 0 saturated heterocycles. The number of H-pyrrole nitrogens is 1. The second kappa shape index (κ2) is 13.0. The van der Waals surface area contributed by atoms with Gasteiger partial charge in [-0.2, -0.15) is 18.3 Å². The molecule has 198 valence electrons. The minimum absolute atomic E-state index is 0.154. The highest BCUT2D eigenvalue weighted by Crippen LogP contribution is 2.25. The van der Waals surface area contributed by atoms with Gasteiger partial charge in [0.25, 0.3) is 5.91 Å². The van der Waals surface area contributed by atoms with Gasteiger partial charge < -0.3 is 25.6 Å². The first-order valence-corrected chi connectivity index (χ1v) is 10.7. The van der Waals surface area contributed by atoms with Crippen LogP contribution in [0, 0.1) is 0 Å². The van der Waals surface area contributed by atoms with Gasteiger partial charge in [-0.05, 0) is 48.7 Å². The van der Waals surface area contributed by atoms with Gasteiger partial charge in [-0.15, -0.1) is 0 Å². The SMILES string of the molecule is COc1ccc(OC)c(CC(=O)Nc2cccc(CCc3cn[nH]c3C(N)=O)c2)c1.O=C(O)C(F)(F)F. The highest BCUT2D eigenvalue weighted by molar-refractivity contribution is 5.93. The molecule has 0 aliphatic rings. The number of halogens is 3. The van der Waals surface area contributed by atoms with Gasteiger partial charge in [0.2, 0.25) is 5.91 Å². The van der Waals surface area contributed by atoms with Crippen LogP contribution in [0.1, 0.15) is 27.2 Å². The van der Waals surface area contributed by atoms with E-state index in [1.807, 2.05) is 24.3 Å². The summed E-state index contributed by atoms with van der Waals surface area (Å²) in [6, 6.07) is 12.9. The number of hydrogen-bond donors (Lipinski definition) is 4. The average molecular weight is 522 g/mol. The fourth-order valence-electron chi connectivity index (χ4n) is 3.20. The molecule has 37 heavy (non-hydrogen) atoms. The fourth-order valence-corrected chi connectivity index (χ4v) is 3.20. The molecule has 0 spiro atoms. The van der Waals surface area contributed by atoms with Crippen molar-refractivity contribution in [2.45, 2.75) is 25.4 Å². The first-order chi connectivity index (χ1) is 17.4. The van der Waals surface area contributed by atoms with Crippen molar-refractivity contribution in [2.24, 2.45) is 5.73 Å². The molecule has 0 fully saturated rings. The number of aryl methyl sites for hydroxylation is 2. The molecule has 13 heteroatoms. The lowest BCUT2D eigenvalue weighted by atomic mass is 10.0. The number of amides is 2. The Hall–Kier alpha value is -4.55. The number of carboxylic acid groups (broad SMARTS) is 1. The van der Waals surface area contributed by atoms with E-state index in [0.29, 0.717) is 35.7 Å². The van der Waals surface area contributed by atoms with Crippen molar-refractivity contribution in [3.8, 4) is 11.5 Å². The van der Waals surface area contributed by atoms with Crippen molar-refractivity contribution < 1.29 is 42.1 Å². The van der Waals surface area contributed by atoms with Crippen molar-refractivity contribution in [2.75, 3.05) is 19.5 Å². The van der Waals surface area contributed by atoms with E-state index in [2.05, 4.69) is 15.5 Å². The number of nitrogens with two attached hydrogens (primary N) is 1. The number of nitrogens with zero attached hydrogens (tertiary/aromatic N) is 1. The molecule has 0 bridgehead atoms. The number of aromatic amines is 1. The Balaban J connectivity index is 0.000000604. The number of alkyl halides is 3. The Morgan fingerprint density at radius 2 is 1.76 bits per heavy atom. The van der Waals surface area contributed by atoms with Gasteiger partial charge >= 0.3 is 12.1 Å². The third-order valence-electron chi connectivity index (χ3n) is 4.94. The number of aliphatic carboxylic acids is 1. The number of benzene rings is 2. The number of carboxylic acids is 1. The van der Waals surface area contributed by atoms with Crippen LogP contribution in [0.2, 0.25) is 0 Å². The van der Waals surface area contributed by atoms with Gasteiger partial charge in [0.15, 0.2) is 0 Å². The summed E-state index contributed by atoms with van der Waals surface area (Å²) in [4.78, 5) is 32.8. The lowest BCUT2D eigenvalue weighted by molar-refractivity contribution is -0.192. The molecule has 3 rings (SSSR count). The van der Waals surface area contributed by atoms with Crippen molar-refractivity contribution in [3.63, 3.8) is 0 Å².